The normalized spacial score (nSPS) is 29.2. The Morgan fingerprint density at radius 3 is 2.84 bits per heavy atom. The zero-order valence-corrected chi connectivity index (χ0v) is 15.1. The van der Waals surface area contributed by atoms with E-state index in [9.17, 15) is 19.8 Å². The second kappa shape index (κ2) is 7.54. The van der Waals surface area contributed by atoms with Crippen LogP contribution in [0.5, 0.6) is 5.75 Å². The van der Waals surface area contributed by atoms with Crippen molar-refractivity contribution in [2.75, 3.05) is 6.54 Å². The second-order valence-corrected chi connectivity index (χ2v) is 7.04. The van der Waals surface area contributed by atoms with Gasteiger partial charge in [0.15, 0.2) is 0 Å². The van der Waals surface area contributed by atoms with Crippen molar-refractivity contribution in [3.8, 4) is 5.75 Å². The fourth-order valence-electron chi connectivity index (χ4n) is 4.36. The van der Waals surface area contributed by atoms with Crippen LogP contribution in [0.2, 0.25) is 0 Å². The number of amides is 2. The molecule has 1 aromatic rings. The van der Waals surface area contributed by atoms with Crippen LogP contribution >= 0.6 is 0 Å². The standard InChI is InChI=1S/C19H28N2O4/c1-4-7-19(25)14(3)20-9-8-18(19,11-17(24)21-12-22)16-10-15(23)6-5-13(16)2/h5-6,10,12,14,20,23,25H,4,7-9,11H2,1-3H3,(H,21,22,24). The van der Waals surface area contributed by atoms with Gasteiger partial charge in [-0.1, -0.05) is 19.4 Å². The molecule has 1 fully saturated rings. The molecule has 1 aliphatic rings. The van der Waals surface area contributed by atoms with Gasteiger partial charge in [0.1, 0.15) is 5.75 Å². The fourth-order valence-corrected chi connectivity index (χ4v) is 4.36. The highest BCUT2D eigenvalue weighted by Gasteiger charge is 2.57. The largest absolute Gasteiger partial charge is 0.508 e. The van der Waals surface area contributed by atoms with Gasteiger partial charge >= 0.3 is 0 Å². The highest BCUT2D eigenvalue weighted by atomic mass is 16.3. The van der Waals surface area contributed by atoms with E-state index in [1.165, 1.54) is 0 Å². The lowest BCUT2D eigenvalue weighted by atomic mass is 9.56. The van der Waals surface area contributed by atoms with Gasteiger partial charge < -0.3 is 15.5 Å². The smallest absolute Gasteiger partial charge is 0.227 e. The van der Waals surface area contributed by atoms with Gasteiger partial charge in [0.25, 0.3) is 0 Å². The average molecular weight is 348 g/mol. The van der Waals surface area contributed by atoms with Crippen molar-refractivity contribution < 1.29 is 19.8 Å². The Kier molecular flexibility index (Phi) is 5.85. The van der Waals surface area contributed by atoms with Gasteiger partial charge in [-0.05, 0) is 56.5 Å². The van der Waals surface area contributed by atoms with Crippen LogP contribution in [0.4, 0.5) is 0 Å². The molecule has 0 aliphatic carbocycles. The summed E-state index contributed by atoms with van der Waals surface area (Å²) in [6, 6.07) is 4.80. The summed E-state index contributed by atoms with van der Waals surface area (Å²) in [5.41, 5.74) is -0.402. The lowest BCUT2D eigenvalue weighted by Gasteiger charge is -2.55. The maximum absolute atomic E-state index is 12.3. The van der Waals surface area contributed by atoms with E-state index >= 15 is 0 Å². The molecule has 1 heterocycles. The highest BCUT2D eigenvalue weighted by Crippen LogP contribution is 2.49. The summed E-state index contributed by atoms with van der Waals surface area (Å²) in [5, 5.41) is 27.3. The molecule has 3 atom stereocenters. The Bertz CT molecular complexity index is 648. The Labute approximate surface area is 148 Å². The molecule has 2 rings (SSSR count). The molecule has 3 unspecified atom stereocenters. The van der Waals surface area contributed by atoms with Crippen LogP contribution in [0.15, 0.2) is 18.2 Å². The van der Waals surface area contributed by atoms with E-state index in [1.54, 1.807) is 18.2 Å². The first-order chi connectivity index (χ1) is 11.8. The minimum atomic E-state index is -1.18. The number of aliphatic hydroxyl groups is 1. The molecule has 0 radical (unpaired) electrons. The van der Waals surface area contributed by atoms with E-state index in [-0.39, 0.29) is 18.2 Å². The van der Waals surface area contributed by atoms with Crippen molar-refractivity contribution in [3.63, 3.8) is 0 Å². The monoisotopic (exact) mass is 348 g/mol. The van der Waals surface area contributed by atoms with E-state index in [0.29, 0.717) is 25.8 Å². The quantitative estimate of drug-likeness (QED) is 0.584. The molecule has 0 bridgehead atoms. The highest BCUT2D eigenvalue weighted by molar-refractivity contribution is 5.87. The maximum Gasteiger partial charge on any atom is 0.227 e. The van der Waals surface area contributed by atoms with E-state index in [2.05, 4.69) is 10.6 Å². The number of aryl methyl sites for hydroxylation is 1. The third-order valence-electron chi connectivity index (χ3n) is 5.60. The molecule has 6 heteroatoms. The maximum atomic E-state index is 12.3. The van der Waals surface area contributed by atoms with Crippen LogP contribution in [-0.4, -0.2) is 40.7 Å². The van der Waals surface area contributed by atoms with Crippen LogP contribution in [-0.2, 0) is 15.0 Å². The minimum absolute atomic E-state index is 0.0153. The van der Waals surface area contributed by atoms with Gasteiger partial charge in [-0.3, -0.25) is 14.9 Å². The number of hydrogen-bond acceptors (Lipinski definition) is 5. The molecular weight excluding hydrogens is 320 g/mol. The molecule has 4 N–H and O–H groups in total. The summed E-state index contributed by atoms with van der Waals surface area (Å²) in [6.07, 6.45) is 2.14. The van der Waals surface area contributed by atoms with E-state index in [0.717, 1.165) is 17.5 Å². The molecule has 1 aromatic carbocycles. The molecule has 6 nitrogen and oxygen atoms in total. The number of piperidine rings is 1. The summed E-state index contributed by atoms with van der Waals surface area (Å²) >= 11 is 0. The van der Waals surface area contributed by atoms with Crippen molar-refractivity contribution >= 4 is 12.3 Å². The van der Waals surface area contributed by atoms with Crippen molar-refractivity contribution in [3.05, 3.63) is 29.3 Å². The minimum Gasteiger partial charge on any atom is -0.508 e. The average Bonchev–Trinajstić information content (AvgIpc) is 2.55. The predicted molar refractivity (Wildman–Crippen MR) is 95.3 cm³/mol. The second-order valence-electron chi connectivity index (χ2n) is 7.04. The first-order valence-corrected chi connectivity index (χ1v) is 8.79. The lowest BCUT2D eigenvalue weighted by Crippen LogP contribution is -2.67. The third-order valence-corrected chi connectivity index (χ3v) is 5.60. The topological polar surface area (TPSA) is 98.7 Å². The SMILES string of the molecule is CCCC1(O)C(C)NCCC1(CC(=O)NC=O)c1cc(O)ccc1C. The van der Waals surface area contributed by atoms with Gasteiger partial charge in [-0.25, -0.2) is 0 Å². The Morgan fingerprint density at radius 1 is 1.48 bits per heavy atom. The van der Waals surface area contributed by atoms with Crippen molar-refractivity contribution in [1.82, 2.24) is 10.6 Å². The summed E-state index contributed by atoms with van der Waals surface area (Å²) in [7, 11) is 0. The van der Waals surface area contributed by atoms with Crippen molar-refractivity contribution in [2.24, 2.45) is 0 Å². The summed E-state index contributed by atoms with van der Waals surface area (Å²) < 4.78 is 0. The van der Waals surface area contributed by atoms with Gasteiger partial charge in [-0.15, -0.1) is 0 Å². The van der Waals surface area contributed by atoms with E-state index in [1.807, 2.05) is 20.8 Å². The van der Waals surface area contributed by atoms with Crippen molar-refractivity contribution in [2.45, 2.75) is 63.5 Å². The van der Waals surface area contributed by atoms with Crippen LogP contribution < -0.4 is 10.6 Å². The molecule has 0 aromatic heterocycles. The van der Waals surface area contributed by atoms with Gasteiger partial charge in [0.05, 0.1) is 5.60 Å². The van der Waals surface area contributed by atoms with Crippen LogP contribution in [0, 0.1) is 6.92 Å². The number of carbonyl (C=O) groups excluding carboxylic acids is 2. The zero-order valence-electron chi connectivity index (χ0n) is 15.1. The molecule has 25 heavy (non-hydrogen) atoms. The molecular formula is C19H28N2O4. The fraction of sp³-hybridized carbons (Fsp3) is 0.579. The molecule has 2 amide bonds. The number of benzene rings is 1. The molecule has 0 saturated carbocycles. The third kappa shape index (κ3) is 3.41. The summed E-state index contributed by atoms with van der Waals surface area (Å²) in [5.74, 6) is -0.331. The number of carbonyl (C=O) groups is 2. The number of phenols is 1. The van der Waals surface area contributed by atoms with Crippen LogP contribution in [0.1, 0.15) is 50.7 Å². The number of imide groups is 1. The lowest BCUT2D eigenvalue weighted by molar-refractivity contribution is -0.135. The Hall–Kier alpha value is -1.92. The van der Waals surface area contributed by atoms with Crippen LogP contribution in [0.3, 0.4) is 0 Å². The van der Waals surface area contributed by atoms with Crippen molar-refractivity contribution in [1.29, 1.82) is 0 Å². The zero-order chi connectivity index (χ0) is 18.7. The number of nitrogens with one attached hydrogen (secondary N) is 2. The number of phenolic OH excluding ortho intramolecular Hbond substituents is 1. The summed E-state index contributed by atoms with van der Waals surface area (Å²) in [4.78, 5) is 23.1. The molecule has 1 aliphatic heterocycles. The van der Waals surface area contributed by atoms with Gasteiger partial charge in [0.2, 0.25) is 12.3 Å². The number of hydrogen-bond donors (Lipinski definition) is 4. The van der Waals surface area contributed by atoms with E-state index < -0.39 is 16.9 Å². The van der Waals surface area contributed by atoms with Gasteiger partial charge in [-0.2, -0.15) is 0 Å². The Balaban J connectivity index is 2.67. The Morgan fingerprint density at radius 2 is 2.20 bits per heavy atom. The molecule has 138 valence electrons. The first kappa shape index (κ1) is 19.4. The number of rotatable bonds is 6. The first-order valence-electron chi connectivity index (χ1n) is 8.79. The molecule has 1 saturated heterocycles. The number of aromatic hydroxyl groups is 1. The summed E-state index contributed by atoms with van der Waals surface area (Å²) in [6.45, 7) is 6.45. The predicted octanol–water partition coefficient (Wildman–Crippen LogP) is 1.51. The molecule has 0 spiro atoms. The van der Waals surface area contributed by atoms with Crippen LogP contribution in [0.25, 0.3) is 0 Å². The van der Waals surface area contributed by atoms with E-state index in [4.69, 9.17) is 0 Å². The van der Waals surface area contributed by atoms with Gasteiger partial charge in [0, 0.05) is 17.9 Å².